The van der Waals surface area contributed by atoms with Gasteiger partial charge in [0, 0.05) is 13.0 Å². The third-order valence-electron chi connectivity index (χ3n) is 4.59. The zero-order chi connectivity index (χ0) is 16.3. The van der Waals surface area contributed by atoms with Crippen LogP contribution >= 0.6 is 0 Å². The number of hydrogen-bond donors (Lipinski definition) is 0. The minimum atomic E-state index is -0.0818. The molecule has 0 aliphatic carbocycles. The molecule has 1 unspecified atom stereocenters. The number of piperidine rings is 1. The number of unbranched alkanes of at least 4 members (excludes halogenated alkanes) is 6. The van der Waals surface area contributed by atoms with Crippen LogP contribution < -0.4 is 0 Å². The van der Waals surface area contributed by atoms with Crippen LogP contribution in [0.1, 0.15) is 64.2 Å². The number of carbonyl (C=O) groups is 1. The van der Waals surface area contributed by atoms with Gasteiger partial charge >= 0.3 is 5.97 Å². The van der Waals surface area contributed by atoms with Gasteiger partial charge in [-0.2, -0.15) is 0 Å². The molecule has 0 saturated carbocycles. The summed E-state index contributed by atoms with van der Waals surface area (Å²) in [4.78, 5) is 11.0. The fourth-order valence-electron chi connectivity index (χ4n) is 3.22. The van der Waals surface area contributed by atoms with E-state index in [0.717, 1.165) is 23.9 Å². The predicted octanol–water partition coefficient (Wildman–Crippen LogP) is 3.54. The molecule has 1 aliphatic heterocycles. The Morgan fingerprint density at radius 1 is 1.05 bits per heavy atom. The number of quaternary nitrogens is 1. The van der Waals surface area contributed by atoms with E-state index in [9.17, 15) is 4.79 Å². The van der Waals surface area contributed by atoms with E-state index < -0.39 is 0 Å². The Balaban J connectivity index is 1.85. The van der Waals surface area contributed by atoms with Gasteiger partial charge in [0.25, 0.3) is 0 Å². The molecule has 4 nitrogen and oxygen atoms in total. The number of ether oxygens (including phenoxy) is 2. The summed E-state index contributed by atoms with van der Waals surface area (Å²) in [6, 6.07) is 0. The van der Waals surface area contributed by atoms with E-state index in [2.05, 4.69) is 18.8 Å². The van der Waals surface area contributed by atoms with Gasteiger partial charge in [0.2, 0.25) is 0 Å². The molecule has 1 atom stereocenters. The van der Waals surface area contributed by atoms with Gasteiger partial charge < -0.3 is 14.0 Å². The number of likely N-dealkylation sites (N-methyl/N-ethyl adjacent to an activating group) is 1. The summed E-state index contributed by atoms with van der Waals surface area (Å²) in [7, 11) is 6.06. The van der Waals surface area contributed by atoms with Crippen molar-refractivity contribution in [3.05, 3.63) is 0 Å². The van der Waals surface area contributed by atoms with Crippen LogP contribution in [0.4, 0.5) is 0 Å². The topological polar surface area (TPSA) is 35.5 Å². The Kier molecular flexibility index (Phi) is 9.73. The number of methoxy groups -OCH3 is 1. The van der Waals surface area contributed by atoms with Gasteiger partial charge in [0.15, 0.2) is 0 Å². The molecule has 0 amide bonds. The maximum Gasteiger partial charge on any atom is 0.305 e. The third kappa shape index (κ3) is 9.42. The highest BCUT2D eigenvalue weighted by Gasteiger charge is 2.27. The molecule has 1 saturated heterocycles. The second kappa shape index (κ2) is 11.0. The molecule has 0 bridgehead atoms. The van der Waals surface area contributed by atoms with E-state index in [0.29, 0.717) is 12.5 Å². The third-order valence-corrected chi connectivity index (χ3v) is 4.59. The summed E-state index contributed by atoms with van der Waals surface area (Å²) < 4.78 is 11.8. The number of carbonyl (C=O) groups excluding carboxylic acids is 1. The van der Waals surface area contributed by atoms with Crippen LogP contribution in [0.2, 0.25) is 0 Å². The van der Waals surface area contributed by atoms with Crippen molar-refractivity contribution in [2.24, 2.45) is 0 Å². The van der Waals surface area contributed by atoms with Crippen molar-refractivity contribution in [3.63, 3.8) is 0 Å². The van der Waals surface area contributed by atoms with Crippen molar-refractivity contribution in [2.45, 2.75) is 70.3 Å². The van der Waals surface area contributed by atoms with Gasteiger partial charge in [-0.1, -0.05) is 32.1 Å². The van der Waals surface area contributed by atoms with Crippen molar-refractivity contribution in [2.75, 3.05) is 40.9 Å². The molecule has 0 aromatic heterocycles. The van der Waals surface area contributed by atoms with Crippen molar-refractivity contribution >= 4 is 5.97 Å². The molecule has 0 radical (unpaired) electrons. The van der Waals surface area contributed by atoms with E-state index in [1.54, 1.807) is 0 Å². The largest absolute Gasteiger partial charge is 0.469 e. The Morgan fingerprint density at radius 2 is 1.68 bits per heavy atom. The van der Waals surface area contributed by atoms with Crippen LogP contribution in [-0.2, 0) is 14.3 Å². The summed E-state index contributed by atoms with van der Waals surface area (Å²) in [6.07, 6.45) is 11.9. The Hall–Kier alpha value is -0.610. The Labute approximate surface area is 136 Å². The highest BCUT2D eigenvalue weighted by atomic mass is 16.5. The summed E-state index contributed by atoms with van der Waals surface area (Å²) in [6.45, 7) is 3.38. The SMILES string of the molecule is COC(=O)CCCCCCCCCOC1CCC[N+](C)(C)C1. The lowest BCUT2D eigenvalue weighted by atomic mass is 10.1. The molecule has 130 valence electrons. The van der Waals surface area contributed by atoms with Gasteiger partial charge in [0.1, 0.15) is 12.6 Å². The molecule has 22 heavy (non-hydrogen) atoms. The van der Waals surface area contributed by atoms with E-state index in [-0.39, 0.29) is 5.97 Å². The van der Waals surface area contributed by atoms with E-state index in [1.165, 1.54) is 65.1 Å². The lowest BCUT2D eigenvalue weighted by Crippen LogP contribution is -2.50. The predicted molar refractivity (Wildman–Crippen MR) is 89.8 cm³/mol. The number of hydrogen-bond acceptors (Lipinski definition) is 3. The van der Waals surface area contributed by atoms with Crippen LogP contribution in [0.25, 0.3) is 0 Å². The zero-order valence-electron chi connectivity index (χ0n) is 14.9. The lowest BCUT2D eigenvalue weighted by molar-refractivity contribution is -0.898. The molecule has 0 N–H and O–H groups in total. The van der Waals surface area contributed by atoms with Gasteiger partial charge in [-0.25, -0.2) is 0 Å². The van der Waals surface area contributed by atoms with Crippen molar-refractivity contribution < 1.29 is 18.8 Å². The first-order valence-electron chi connectivity index (χ1n) is 9.04. The molecular weight excluding hydrogens is 278 g/mol. The number of rotatable bonds is 11. The molecule has 1 heterocycles. The minimum absolute atomic E-state index is 0.0818. The highest BCUT2D eigenvalue weighted by molar-refractivity contribution is 5.68. The Morgan fingerprint density at radius 3 is 2.32 bits per heavy atom. The van der Waals surface area contributed by atoms with Gasteiger partial charge in [-0.15, -0.1) is 0 Å². The summed E-state index contributed by atoms with van der Waals surface area (Å²) >= 11 is 0. The maximum absolute atomic E-state index is 11.0. The molecule has 1 fully saturated rings. The zero-order valence-corrected chi connectivity index (χ0v) is 14.9. The average molecular weight is 314 g/mol. The quantitative estimate of drug-likeness (QED) is 0.332. The molecule has 0 aromatic carbocycles. The van der Waals surface area contributed by atoms with E-state index >= 15 is 0 Å². The molecule has 1 rings (SSSR count). The van der Waals surface area contributed by atoms with Crippen molar-refractivity contribution in [1.82, 2.24) is 0 Å². The number of nitrogens with zero attached hydrogens (tertiary/aromatic N) is 1. The summed E-state index contributed by atoms with van der Waals surface area (Å²) in [5, 5.41) is 0. The van der Waals surface area contributed by atoms with Crippen LogP contribution in [0.3, 0.4) is 0 Å². The van der Waals surface area contributed by atoms with Gasteiger partial charge in [-0.3, -0.25) is 4.79 Å². The summed E-state index contributed by atoms with van der Waals surface area (Å²) in [5.41, 5.74) is 0. The fraction of sp³-hybridized carbons (Fsp3) is 0.944. The first-order chi connectivity index (χ1) is 10.5. The number of esters is 1. The second-order valence-electron chi connectivity index (χ2n) is 7.28. The van der Waals surface area contributed by atoms with Crippen LogP contribution in [-0.4, -0.2) is 57.5 Å². The molecule has 0 spiro atoms. The molecular formula is C18H36NO3+. The molecule has 0 aromatic rings. The summed E-state index contributed by atoms with van der Waals surface area (Å²) in [5.74, 6) is -0.0818. The van der Waals surface area contributed by atoms with Gasteiger partial charge in [0.05, 0.1) is 27.7 Å². The van der Waals surface area contributed by atoms with Crippen LogP contribution in [0.5, 0.6) is 0 Å². The standard InChI is InChI=1S/C18H36NO3/c1-19(2)14-11-12-17(16-19)22-15-10-8-6-4-5-7-9-13-18(20)21-3/h17H,4-16H2,1-3H3/q+1. The van der Waals surface area contributed by atoms with Crippen LogP contribution in [0.15, 0.2) is 0 Å². The van der Waals surface area contributed by atoms with E-state index in [4.69, 9.17) is 4.74 Å². The minimum Gasteiger partial charge on any atom is -0.469 e. The lowest BCUT2D eigenvalue weighted by Gasteiger charge is -2.37. The normalized spacial score (nSPS) is 20.8. The first-order valence-corrected chi connectivity index (χ1v) is 9.04. The van der Waals surface area contributed by atoms with Crippen molar-refractivity contribution in [1.29, 1.82) is 0 Å². The Bertz CT molecular complexity index is 305. The monoisotopic (exact) mass is 314 g/mol. The fourth-order valence-corrected chi connectivity index (χ4v) is 3.22. The first kappa shape index (κ1) is 19.4. The molecule has 4 heteroatoms. The second-order valence-corrected chi connectivity index (χ2v) is 7.28. The molecule has 1 aliphatic rings. The van der Waals surface area contributed by atoms with Gasteiger partial charge in [-0.05, 0) is 25.7 Å². The average Bonchev–Trinajstić information content (AvgIpc) is 2.47. The smallest absolute Gasteiger partial charge is 0.305 e. The van der Waals surface area contributed by atoms with E-state index in [1.807, 2.05) is 0 Å². The number of likely N-dealkylation sites (tertiary alicyclic amines) is 1. The van der Waals surface area contributed by atoms with Crippen LogP contribution in [0, 0.1) is 0 Å². The van der Waals surface area contributed by atoms with Crippen molar-refractivity contribution in [3.8, 4) is 0 Å². The maximum atomic E-state index is 11.0. The highest BCUT2D eigenvalue weighted by Crippen LogP contribution is 2.17.